The van der Waals surface area contributed by atoms with Crippen molar-refractivity contribution in [3.8, 4) is 0 Å². The molecule has 0 aliphatic carbocycles. The van der Waals surface area contributed by atoms with Crippen LogP contribution in [0.5, 0.6) is 0 Å². The average Bonchev–Trinajstić information content (AvgIpc) is 2.96. The molecule has 0 spiro atoms. The molecule has 0 radical (unpaired) electrons. The van der Waals surface area contributed by atoms with Crippen molar-refractivity contribution < 1.29 is 22.7 Å². The number of hydrogen-bond donors (Lipinski definition) is 1. The molecule has 1 aliphatic rings. The third-order valence-corrected chi connectivity index (χ3v) is 6.34. The molecule has 9 heteroatoms. The molecule has 1 aromatic heterocycles. The van der Waals surface area contributed by atoms with Gasteiger partial charge in [0.05, 0.1) is 7.11 Å². The van der Waals surface area contributed by atoms with Crippen LogP contribution in [0.3, 0.4) is 0 Å². The van der Waals surface area contributed by atoms with Crippen molar-refractivity contribution in [1.82, 2.24) is 9.62 Å². The normalized spacial score (nSPS) is 19.6. The van der Waals surface area contributed by atoms with Gasteiger partial charge in [-0.25, -0.2) is 13.2 Å². The predicted octanol–water partition coefficient (Wildman–Crippen LogP) is 0.824. The molecular formula is C13H18N2O5S2. The van der Waals surface area contributed by atoms with E-state index in [1.54, 1.807) is 5.38 Å². The summed E-state index contributed by atoms with van der Waals surface area (Å²) in [5.74, 6) is -0.848. The highest BCUT2D eigenvalue weighted by Gasteiger charge is 2.34. The van der Waals surface area contributed by atoms with Gasteiger partial charge in [0.25, 0.3) is 0 Å². The molecule has 1 aliphatic heterocycles. The number of carbonyl (C=O) groups excluding carboxylic acids is 2. The number of carbonyl (C=O) groups is 2. The van der Waals surface area contributed by atoms with Crippen LogP contribution in [0.25, 0.3) is 0 Å². The highest BCUT2D eigenvalue weighted by Crippen LogP contribution is 2.27. The van der Waals surface area contributed by atoms with Crippen LogP contribution in [0.1, 0.15) is 29.4 Å². The number of nitrogens with zero attached hydrogens (tertiary/aromatic N) is 1. The average molecular weight is 346 g/mol. The van der Waals surface area contributed by atoms with Crippen molar-refractivity contribution >= 4 is 33.2 Å². The number of methoxy groups -OCH3 is 1. The Labute approximate surface area is 133 Å². The molecule has 7 nitrogen and oxygen atoms in total. The molecule has 122 valence electrons. The Hall–Kier alpha value is -1.45. The maximum absolute atomic E-state index is 12.7. The molecule has 1 fully saturated rings. The topological polar surface area (TPSA) is 92.8 Å². The molecule has 1 N–H and O–H groups in total. The van der Waals surface area contributed by atoms with Gasteiger partial charge in [0.1, 0.15) is 9.77 Å². The standard InChI is InChI=1S/C13H18N2O5S2/c1-9(16)14-10-4-3-6-15(8-10)22(18,19)11-5-7-21-12(11)13(17)20-2/h5,7,10H,3-4,6,8H2,1-2H3,(H,14,16)/t10-/m0/s1. The van der Waals surface area contributed by atoms with Crippen molar-refractivity contribution in [2.24, 2.45) is 0 Å². The molecule has 0 unspecified atom stereocenters. The van der Waals surface area contributed by atoms with Crippen molar-refractivity contribution in [3.63, 3.8) is 0 Å². The number of rotatable bonds is 4. The number of sulfonamides is 1. The lowest BCUT2D eigenvalue weighted by atomic mass is 10.1. The number of thiophene rings is 1. The number of amides is 1. The van der Waals surface area contributed by atoms with E-state index in [2.05, 4.69) is 10.1 Å². The summed E-state index contributed by atoms with van der Waals surface area (Å²) in [6.45, 7) is 1.98. The van der Waals surface area contributed by atoms with Crippen LogP contribution in [0.2, 0.25) is 0 Å². The molecule has 1 atom stereocenters. The number of esters is 1. The minimum Gasteiger partial charge on any atom is -0.465 e. The largest absolute Gasteiger partial charge is 0.465 e. The van der Waals surface area contributed by atoms with Crippen molar-refractivity contribution in [2.75, 3.05) is 20.2 Å². The van der Waals surface area contributed by atoms with E-state index in [0.717, 1.165) is 17.8 Å². The van der Waals surface area contributed by atoms with Gasteiger partial charge < -0.3 is 10.1 Å². The molecule has 0 saturated carbocycles. The molecule has 0 bridgehead atoms. The molecule has 2 rings (SSSR count). The lowest BCUT2D eigenvalue weighted by Crippen LogP contribution is -2.49. The van der Waals surface area contributed by atoms with E-state index in [1.807, 2.05) is 0 Å². The fourth-order valence-corrected chi connectivity index (χ4v) is 5.28. The third-order valence-electron chi connectivity index (χ3n) is 3.41. The summed E-state index contributed by atoms with van der Waals surface area (Å²) in [5, 5.41) is 4.29. The Bertz CT molecular complexity index is 668. The monoisotopic (exact) mass is 346 g/mol. The van der Waals surface area contributed by atoms with Gasteiger partial charge in [0, 0.05) is 26.1 Å². The lowest BCUT2D eigenvalue weighted by molar-refractivity contribution is -0.119. The first-order valence-corrected chi connectivity index (χ1v) is 9.11. The lowest BCUT2D eigenvalue weighted by Gasteiger charge is -2.32. The Kier molecular flexibility index (Phi) is 5.20. The minimum atomic E-state index is -3.78. The fraction of sp³-hybridized carbons (Fsp3) is 0.538. The maximum atomic E-state index is 12.7. The van der Waals surface area contributed by atoms with E-state index in [-0.39, 0.29) is 28.3 Å². The second-order valence-electron chi connectivity index (χ2n) is 5.01. The van der Waals surface area contributed by atoms with Crippen LogP contribution in [0, 0.1) is 0 Å². The van der Waals surface area contributed by atoms with Crippen LogP contribution < -0.4 is 5.32 Å². The molecular weight excluding hydrogens is 328 g/mol. The van der Waals surface area contributed by atoms with Gasteiger partial charge >= 0.3 is 5.97 Å². The minimum absolute atomic E-state index is 0.0344. The van der Waals surface area contributed by atoms with Gasteiger partial charge in [-0.1, -0.05) is 0 Å². The Morgan fingerprint density at radius 1 is 1.45 bits per heavy atom. The predicted molar refractivity (Wildman–Crippen MR) is 81.3 cm³/mol. The molecule has 1 aromatic rings. The first-order chi connectivity index (χ1) is 10.4. The van der Waals surface area contributed by atoms with Crippen molar-refractivity contribution in [1.29, 1.82) is 0 Å². The van der Waals surface area contributed by atoms with Crippen LogP contribution in [0.4, 0.5) is 0 Å². The molecule has 1 amide bonds. The highest BCUT2D eigenvalue weighted by atomic mass is 32.2. The van der Waals surface area contributed by atoms with Gasteiger partial charge in [-0.2, -0.15) is 4.31 Å². The zero-order valence-corrected chi connectivity index (χ0v) is 14.0. The summed E-state index contributed by atoms with van der Waals surface area (Å²) in [4.78, 5) is 22.9. The van der Waals surface area contributed by atoms with Crippen LogP contribution >= 0.6 is 11.3 Å². The quantitative estimate of drug-likeness (QED) is 0.815. The highest BCUT2D eigenvalue weighted by molar-refractivity contribution is 7.89. The van der Waals surface area contributed by atoms with E-state index >= 15 is 0 Å². The smallest absolute Gasteiger partial charge is 0.349 e. The van der Waals surface area contributed by atoms with Gasteiger partial charge in [-0.05, 0) is 24.3 Å². The number of hydrogen-bond acceptors (Lipinski definition) is 6. The fourth-order valence-electron chi connectivity index (χ4n) is 2.45. The van der Waals surface area contributed by atoms with Crippen LogP contribution in [-0.2, 0) is 19.6 Å². The second-order valence-corrected chi connectivity index (χ2v) is 7.83. The van der Waals surface area contributed by atoms with E-state index in [9.17, 15) is 18.0 Å². The molecule has 1 saturated heterocycles. The summed E-state index contributed by atoms with van der Waals surface area (Å²) in [6.07, 6.45) is 1.39. The molecule has 22 heavy (non-hydrogen) atoms. The Balaban J connectivity index is 2.25. The van der Waals surface area contributed by atoms with E-state index < -0.39 is 16.0 Å². The van der Waals surface area contributed by atoms with Gasteiger partial charge in [-0.3, -0.25) is 4.79 Å². The Morgan fingerprint density at radius 2 is 2.18 bits per heavy atom. The molecule has 2 heterocycles. The summed E-state index contributed by atoms with van der Waals surface area (Å²) in [7, 11) is -2.57. The van der Waals surface area contributed by atoms with Gasteiger partial charge in [-0.15, -0.1) is 11.3 Å². The summed E-state index contributed by atoms with van der Waals surface area (Å²) in [5.41, 5.74) is 0. The second kappa shape index (κ2) is 6.76. The zero-order chi connectivity index (χ0) is 16.3. The third kappa shape index (κ3) is 3.47. The van der Waals surface area contributed by atoms with E-state index in [4.69, 9.17) is 0 Å². The SMILES string of the molecule is COC(=O)c1sccc1S(=O)(=O)N1CCC[C@H](NC(C)=O)C1. The number of piperidine rings is 1. The zero-order valence-electron chi connectivity index (χ0n) is 12.4. The van der Waals surface area contributed by atoms with Crippen LogP contribution in [0.15, 0.2) is 16.3 Å². The molecule has 0 aromatic carbocycles. The van der Waals surface area contributed by atoms with Crippen LogP contribution in [-0.4, -0.2) is 50.8 Å². The van der Waals surface area contributed by atoms with Crippen molar-refractivity contribution in [2.45, 2.75) is 30.7 Å². The van der Waals surface area contributed by atoms with Crippen molar-refractivity contribution in [3.05, 3.63) is 16.3 Å². The number of nitrogens with one attached hydrogen (secondary N) is 1. The van der Waals surface area contributed by atoms with E-state index in [0.29, 0.717) is 13.0 Å². The first kappa shape index (κ1) is 16.9. The number of ether oxygens (including phenoxy) is 1. The summed E-state index contributed by atoms with van der Waals surface area (Å²) < 4.78 is 31.4. The van der Waals surface area contributed by atoms with Gasteiger partial charge in [0.15, 0.2) is 0 Å². The summed E-state index contributed by atoms with van der Waals surface area (Å²) in [6, 6.07) is 1.20. The Morgan fingerprint density at radius 3 is 2.82 bits per heavy atom. The first-order valence-electron chi connectivity index (χ1n) is 6.79. The van der Waals surface area contributed by atoms with E-state index in [1.165, 1.54) is 24.4 Å². The summed E-state index contributed by atoms with van der Waals surface area (Å²) >= 11 is 1.03. The van der Waals surface area contributed by atoms with Gasteiger partial charge in [0.2, 0.25) is 15.9 Å². The maximum Gasteiger partial charge on any atom is 0.349 e.